The van der Waals surface area contributed by atoms with Crippen molar-refractivity contribution in [1.82, 2.24) is 29.8 Å². The molecule has 210 valence electrons. The fraction of sp³-hybridized carbons (Fsp3) is 0.538. The number of halogens is 1. The van der Waals surface area contributed by atoms with Crippen molar-refractivity contribution in [2.24, 2.45) is 0 Å². The average molecular weight is 577 g/mol. The highest BCUT2D eigenvalue weighted by Gasteiger charge is 2.27. The highest BCUT2D eigenvalue weighted by atomic mass is 35.5. The van der Waals surface area contributed by atoms with E-state index in [-0.39, 0.29) is 30.2 Å². The summed E-state index contributed by atoms with van der Waals surface area (Å²) in [5.41, 5.74) is 0.548. The number of ether oxygens (including phenoxy) is 2. The second-order valence-electron chi connectivity index (χ2n) is 9.99. The molecule has 3 aromatic rings. The van der Waals surface area contributed by atoms with Crippen molar-refractivity contribution in [2.45, 2.75) is 51.7 Å². The Bertz CT molecular complexity index is 1270. The first kappa shape index (κ1) is 27.6. The van der Waals surface area contributed by atoms with Crippen LogP contribution in [0.25, 0.3) is 10.6 Å². The van der Waals surface area contributed by atoms with Crippen molar-refractivity contribution in [3.63, 3.8) is 0 Å². The number of thiophene rings is 1. The molecule has 0 radical (unpaired) electrons. The van der Waals surface area contributed by atoms with Gasteiger partial charge in [0, 0.05) is 50.9 Å². The number of hydrogen-bond acceptors (Lipinski definition) is 9. The Hall–Kier alpha value is -2.93. The van der Waals surface area contributed by atoms with Gasteiger partial charge in [-0.1, -0.05) is 16.8 Å². The molecule has 2 saturated heterocycles. The quantitative estimate of drug-likeness (QED) is 0.446. The molecule has 11 nitrogen and oxygen atoms in total. The van der Waals surface area contributed by atoms with E-state index in [4.69, 9.17) is 25.6 Å². The van der Waals surface area contributed by atoms with E-state index < -0.39 is 6.09 Å². The van der Waals surface area contributed by atoms with Gasteiger partial charge in [0.2, 0.25) is 11.7 Å². The minimum Gasteiger partial charge on any atom is -0.391 e. The number of carbonyl (C=O) groups excluding carboxylic acids is 2. The molecule has 2 aliphatic heterocycles. The van der Waals surface area contributed by atoms with Gasteiger partial charge in [-0.3, -0.25) is 9.36 Å². The van der Waals surface area contributed by atoms with Crippen molar-refractivity contribution in [2.75, 3.05) is 39.4 Å². The highest BCUT2D eigenvalue weighted by molar-refractivity contribution is 7.19. The zero-order chi connectivity index (χ0) is 27.4. The Morgan fingerprint density at radius 2 is 2.03 bits per heavy atom. The zero-order valence-corrected chi connectivity index (χ0v) is 23.7. The van der Waals surface area contributed by atoms with E-state index in [0.29, 0.717) is 48.1 Å². The molecule has 0 aliphatic carbocycles. The number of nitrogens with zero attached hydrogens (tertiary/aromatic N) is 5. The van der Waals surface area contributed by atoms with E-state index in [2.05, 4.69) is 34.2 Å². The van der Waals surface area contributed by atoms with E-state index in [9.17, 15) is 9.59 Å². The Morgan fingerprint density at radius 3 is 2.77 bits per heavy atom. The van der Waals surface area contributed by atoms with Crippen LogP contribution >= 0.6 is 22.9 Å². The second kappa shape index (κ2) is 12.5. The summed E-state index contributed by atoms with van der Waals surface area (Å²) in [6.07, 6.45) is 3.27. The molecule has 13 heteroatoms. The lowest BCUT2D eigenvalue weighted by atomic mass is 10.0. The van der Waals surface area contributed by atoms with Crippen LogP contribution < -0.4 is 10.1 Å². The van der Waals surface area contributed by atoms with Crippen LogP contribution in [0.15, 0.2) is 28.9 Å². The average Bonchev–Trinajstić information content (AvgIpc) is 3.60. The lowest BCUT2D eigenvalue weighted by Gasteiger charge is -2.34. The number of nitrogens with one attached hydrogen (secondary N) is 1. The third-order valence-electron chi connectivity index (χ3n) is 6.99. The predicted molar refractivity (Wildman–Crippen MR) is 146 cm³/mol. The molecular weight excluding hydrogens is 544 g/mol. The Labute approximate surface area is 236 Å². The molecule has 0 atom stereocenters. The van der Waals surface area contributed by atoms with Crippen molar-refractivity contribution < 1.29 is 23.6 Å². The molecule has 0 unspecified atom stereocenters. The van der Waals surface area contributed by atoms with E-state index in [1.54, 1.807) is 21.6 Å². The van der Waals surface area contributed by atoms with Gasteiger partial charge in [-0.2, -0.15) is 0 Å². The van der Waals surface area contributed by atoms with Crippen LogP contribution in [0.4, 0.5) is 4.79 Å². The fourth-order valence-electron chi connectivity index (χ4n) is 4.82. The SMILES string of the molecule is CC(C)N1CCC(NC(=O)Oc2cnc(C(=O)N3CCCOCC3)n2Cc2cc(-c3ccc(Cl)s3)on2)CC1. The smallest absolute Gasteiger partial charge is 0.391 e. The molecule has 2 amide bonds. The van der Waals surface area contributed by atoms with Gasteiger partial charge in [-0.15, -0.1) is 11.3 Å². The maximum absolute atomic E-state index is 13.5. The summed E-state index contributed by atoms with van der Waals surface area (Å²) in [5.74, 6) is 0.622. The Kier molecular flexibility index (Phi) is 8.85. The van der Waals surface area contributed by atoms with Gasteiger partial charge >= 0.3 is 6.09 Å². The molecule has 2 fully saturated rings. The summed E-state index contributed by atoms with van der Waals surface area (Å²) in [5, 5.41) is 7.14. The van der Waals surface area contributed by atoms with Gasteiger partial charge in [0.25, 0.3) is 5.91 Å². The molecule has 0 saturated carbocycles. The number of aromatic nitrogens is 3. The minimum absolute atomic E-state index is 0.0257. The number of amides is 2. The highest BCUT2D eigenvalue weighted by Crippen LogP contribution is 2.32. The molecule has 5 rings (SSSR count). The zero-order valence-electron chi connectivity index (χ0n) is 22.1. The van der Waals surface area contributed by atoms with Crippen molar-refractivity contribution in [3.8, 4) is 16.5 Å². The number of imidazole rings is 1. The van der Waals surface area contributed by atoms with Crippen molar-refractivity contribution in [3.05, 3.63) is 40.3 Å². The van der Waals surface area contributed by atoms with Crippen LogP contribution in [-0.2, 0) is 11.3 Å². The van der Waals surface area contributed by atoms with Crippen LogP contribution in [0.3, 0.4) is 0 Å². The third kappa shape index (κ3) is 6.81. The first-order valence-electron chi connectivity index (χ1n) is 13.2. The predicted octanol–water partition coefficient (Wildman–Crippen LogP) is 4.13. The Morgan fingerprint density at radius 1 is 1.21 bits per heavy atom. The van der Waals surface area contributed by atoms with Crippen molar-refractivity contribution in [1.29, 1.82) is 0 Å². The number of carbonyl (C=O) groups is 2. The Balaban J connectivity index is 1.33. The molecule has 0 aromatic carbocycles. The first-order chi connectivity index (χ1) is 18.9. The summed E-state index contributed by atoms with van der Waals surface area (Å²) in [4.78, 5) is 35.6. The van der Waals surface area contributed by atoms with Crippen LogP contribution in [-0.4, -0.2) is 88.0 Å². The van der Waals surface area contributed by atoms with Gasteiger partial charge in [0.15, 0.2) is 5.76 Å². The summed E-state index contributed by atoms with van der Waals surface area (Å²) in [6, 6.07) is 5.93. The summed E-state index contributed by atoms with van der Waals surface area (Å²) >= 11 is 7.45. The molecule has 0 bridgehead atoms. The number of likely N-dealkylation sites (tertiary alicyclic amines) is 1. The number of piperidine rings is 1. The van der Waals surface area contributed by atoms with Gasteiger partial charge in [-0.25, -0.2) is 9.78 Å². The maximum atomic E-state index is 13.5. The van der Waals surface area contributed by atoms with Gasteiger partial charge < -0.3 is 29.1 Å². The second-order valence-corrected chi connectivity index (χ2v) is 11.7. The minimum atomic E-state index is -0.574. The molecule has 2 aliphatic rings. The number of rotatable bonds is 7. The third-order valence-corrected chi connectivity index (χ3v) is 8.24. The lowest BCUT2D eigenvalue weighted by molar-refractivity contribution is 0.0723. The van der Waals surface area contributed by atoms with Crippen LogP contribution in [0.1, 0.15) is 49.4 Å². The van der Waals surface area contributed by atoms with Gasteiger partial charge in [0.1, 0.15) is 5.69 Å². The monoisotopic (exact) mass is 576 g/mol. The summed E-state index contributed by atoms with van der Waals surface area (Å²) in [6.45, 7) is 8.41. The van der Waals surface area contributed by atoms with Crippen molar-refractivity contribution >= 4 is 34.9 Å². The molecule has 39 heavy (non-hydrogen) atoms. The summed E-state index contributed by atoms with van der Waals surface area (Å²) in [7, 11) is 0. The molecule has 3 aromatic heterocycles. The van der Waals surface area contributed by atoms with Gasteiger partial charge in [0.05, 0.1) is 28.6 Å². The molecular formula is C26H33ClN6O5S. The number of hydrogen-bond donors (Lipinski definition) is 1. The topological polar surface area (TPSA) is 115 Å². The fourth-order valence-corrected chi connectivity index (χ4v) is 5.81. The largest absolute Gasteiger partial charge is 0.414 e. The van der Waals surface area contributed by atoms with E-state index in [1.807, 2.05) is 6.07 Å². The van der Waals surface area contributed by atoms with E-state index in [0.717, 1.165) is 37.2 Å². The molecule has 1 N–H and O–H groups in total. The lowest BCUT2D eigenvalue weighted by Crippen LogP contribution is -2.47. The van der Waals surface area contributed by atoms with E-state index in [1.165, 1.54) is 17.5 Å². The standard InChI is InChI=1S/C26H33ClN6O5S/c1-17(2)31-9-6-18(7-10-31)29-26(35)37-23-15-28-24(25(34)32-8-3-12-36-13-11-32)33(23)16-19-14-20(38-30-19)21-4-5-22(27)39-21/h4-5,14-15,17-18H,3,6-13,16H2,1-2H3,(H,29,35). The first-order valence-corrected chi connectivity index (χ1v) is 14.4. The van der Waals surface area contributed by atoms with E-state index >= 15 is 0 Å². The normalized spacial score (nSPS) is 17.4. The van der Waals surface area contributed by atoms with Crippen LogP contribution in [0.2, 0.25) is 4.34 Å². The summed E-state index contributed by atoms with van der Waals surface area (Å²) < 4.78 is 18.9. The van der Waals surface area contributed by atoms with Gasteiger partial charge in [-0.05, 0) is 45.2 Å². The molecule has 0 spiro atoms. The maximum Gasteiger partial charge on any atom is 0.414 e. The van der Waals surface area contributed by atoms with Crippen LogP contribution in [0, 0.1) is 0 Å². The molecule has 5 heterocycles. The van der Waals surface area contributed by atoms with Crippen LogP contribution in [0.5, 0.6) is 5.88 Å².